The van der Waals surface area contributed by atoms with E-state index >= 15 is 0 Å². The van der Waals surface area contributed by atoms with Crippen LogP contribution in [0.15, 0.2) is 47.5 Å². The van der Waals surface area contributed by atoms with E-state index < -0.39 is 0 Å². The number of anilines is 1. The molecule has 1 saturated carbocycles. The molecule has 0 bridgehead atoms. The van der Waals surface area contributed by atoms with Gasteiger partial charge in [-0.15, -0.1) is 0 Å². The van der Waals surface area contributed by atoms with Gasteiger partial charge in [0.15, 0.2) is 0 Å². The van der Waals surface area contributed by atoms with Crippen LogP contribution in [-0.4, -0.2) is 30.6 Å². The Morgan fingerprint density at radius 1 is 1.30 bits per heavy atom. The minimum atomic E-state index is -0.173. The van der Waals surface area contributed by atoms with Crippen LogP contribution in [0.1, 0.15) is 31.4 Å². The molecule has 1 aliphatic rings. The summed E-state index contributed by atoms with van der Waals surface area (Å²) in [6, 6.07) is 5.48. The standard InChI is InChI=1S/C19H16N6O2/c1-11(26)22-17-8-16-14(9-21-17)18(12-2-3-12)24-25(16)19-20-6-4-15(23-19)13-5-7-27-10-13/h4-10,12H,2-3H2,1H3,(H,21,22,26). The molecule has 134 valence electrons. The fourth-order valence-corrected chi connectivity index (χ4v) is 3.11. The van der Waals surface area contributed by atoms with Crippen molar-refractivity contribution < 1.29 is 9.21 Å². The van der Waals surface area contributed by atoms with E-state index in [9.17, 15) is 4.79 Å². The van der Waals surface area contributed by atoms with E-state index in [1.165, 1.54) is 6.92 Å². The number of furan rings is 1. The van der Waals surface area contributed by atoms with Gasteiger partial charge in [0.1, 0.15) is 5.82 Å². The van der Waals surface area contributed by atoms with Gasteiger partial charge in [-0.05, 0) is 25.0 Å². The predicted octanol–water partition coefficient (Wildman–Crippen LogP) is 3.31. The van der Waals surface area contributed by atoms with Crippen LogP contribution < -0.4 is 5.32 Å². The summed E-state index contributed by atoms with van der Waals surface area (Å²) in [5.74, 6) is 1.21. The number of hydrogen-bond donors (Lipinski definition) is 1. The molecule has 4 aromatic heterocycles. The summed E-state index contributed by atoms with van der Waals surface area (Å²) >= 11 is 0. The Morgan fingerprint density at radius 2 is 2.19 bits per heavy atom. The van der Waals surface area contributed by atoms with E-state index in [4.69, 9.17) is 9.52 Å². The number of hydrogen-bond acceptors (Lipinski definition) is 6. The summed E-state index contributed by atoms with van der Waals surface area (Å²) in [7, 11) is 0. The van der Waals surface area contributed by atoms with Crippen LogP contribution >= 0.6 is 0 Å². The fourth-order valence-electron chi connectivity index (χ4n) is 3.11. The van der Waals surface area contributed by atoms with Crippen molar-refractivity contribution in [3.05, 3.63) is 48.8 Å². The topological polar surface area (TPSA) is 98.7 Å². The maximum atomic E-state index is 11.4. The SMILES string of the molecule is CC(=O)Nc1cc2c(cn1)c(C1CC1)nn2-c1nccc(-c2ccoc2)n1. The van der Waals surface area contributed by atoms with Gasteiger partial charge in [-0.3, -0.25) is 4.79 Å². The lowest BCUT2D eigenvalue weighted by molar-refractivity contribution is -0.114. The number of rotatable bonds is 4. The lowest BCUT2D eigenvalue weighted by Gasteiger charge is -2.05. The number of nitrogens with zero attached hydrogens (tertiary/aromatic N) is 5. The molecule has 0 saturated heterocycles. The number of amides is 1. The van der Waals surface area contributed by atoms with Crippen molar-refractivity contribution in [1.82, 2.24) is 24.7 Å². The molecule has 5 rings (SSSR count). The smallest absolute Gasteiger partial charge is 0.251 e. The third-order valence-corrected chi connectivity index (χ3v) is 4.51. The van der Waals surface area contributed by atoms with Gasteiger partial charge in [-0.2, -0.15) is 9.78 Å². The van der Waals surface area contributed by atoms with Gasteiger partial charge in [-0.25, -0.2) is 15.0 Å². The molecule has 1 aliphatic carbocycles. The Morgan fingerprint density at radius 3 is 2.93 bits per heavy atom. The second-order valence-electron chi connectivity index (χ2n) is 6.59. The molecule has 8 heteroatoms. The molecule has 4 heterocycles. The molecular weight excluding hydrogens is 344 g/mol. The summed E-state index contributed by atoms with van der Waals surface area (Å²) in [6.45, 7) is 1.45. The predicted molar refractivity (Wildman–Crippen MR) is 98.4 cm³/mol. The second-order valence-corrected chi connectivity index (χ2v) is 6.59. The zero-order valence-electron chi connectivity index (χ0n) is 14.6. The molecule has 27 heavy (non-hydrogen) atoms. The third-order valence-electron chi connectivity index (χ3n) is 4.51. The summed E-state index contributed by atoms with van der Waals surface area (Å²) in [5, 5.41) is 8.46. The zero-order chi connectivity index (χ0) is 18.4. The molecule has 0 aromatic carbocycles. The first-order chi connectivity index (χ1) is 13.2. The van der Waals surface area contributed by atoms with Crippen molar-refractivity contribution in [1.29, 1.82) is 0 Å². The summed E-state index contributed by atoms with van der Waals surface area (Å²) in [6.07, 6.45) is 8.95. The first-order valence-electron chi connectivity index (χ1n) is 8.71. The Hall–Kier alpha value is -3.55. The molecule has 0 atom stereocenters. The summed E-state index contributed by atoms with van der Waals surface area (Å²) < 4.78 is 6.87. The van der Waals surface area contributed by atoms with E-state index in [-0.39, 0.29) is 5.91 Å². The average Bonchev–Trinajstić information content (AvgIpc) is 3.22. The largest absolute Gasteiger partial charge is 0.472 e. The number of fused-ring (bicyclic) bond motifs is 1. The van der Waals surface area contributed by atoms with Gasteiger partial charge < -0.3 is 9.73 Å². The van der Waals surface area contributed by atoms with Crippen molar-refractivity contribution in [2.45, 2.75) is 25.7 Å². The van der Waals surface area contributed by atoms with Crippen LogP contribution in [0.3, 0.4) is 0 Å². The van der Waals surface area contributed by atoms with Crippen LogP contribution in [0.5, 0.6) is 0 Å². The lowest BCUT2D eigenvalue weighted by Crippen LogP contribution is -2.08. The molecule has 0 spiro atoms. The van der Waals surface area contributed by atoms with Crippen molar-refractivity contribution in [3.63, 3.8) is 0 Å². The average molecular weight is 360 g/mol. The maximum absolute atomic E-state index is 11.4. The van der Waals surface area contributed by atoms with Crippen LogP contribution in [0, 0.1) is 0 Å². The molecule has 1 N–H and O–H groups in total. The molecular formula is C19H16N6O2. The fraction of sp³-hybridized carbons (Fsp3) is 0.211. The molecule has 0 aliphatic heterocycles. The Balaban J connectivity index is 1.67. The van der Waals surface area contributed by atoms with Gasteiger partial charge >= 0.3 is 0 Å². The normalized spacial score (nSPS) is 13.8. The molecule has 1 amide bonds. The minimum Gasteiger partial charge on any atom is -0.472 e. The highest BCUT2D eigenvalue weighted by atomic mass is 16.3. The number of pyridine rings is 1. The van der Waals surface area contributed by atoms with Crippen molar-refractivity contribution in [2.24, 2.45) is 0 Å². The van der Waals surface area contributed by atoms with Crippen LogP contribution in [0.25, 0.3) is 28.1 Å². The van der Waals surface area contributed by atoms with E-state index in [2.05, 4.69) is 20.3 Å². The molecule has 8 nitrogen and oxygen atoms in total. The zero-order valence-corrected chi connectivity index (χ0v) is 14.6. The number of carbonyl (C=O) groups excluding carboxylic acids is 1. The van der Waals surface area contributed by atoms with Gasteiger partial charge in [0.25, 0.3) is 5.95 Å². The van der Waals surface area contributed by atoms with Crippen LogP contribution in [-0.2, 0) is 4.79 Å². The molecule has 4 aromatic rings. The van der Waals surface area contributed by atoms with Gasteiger partial charge in [0.05, 0.1) is 29.4 Å². The van der Waals surface area contributed by atoms with E-state index in [0.29, 0.717) is 17.7 Å². The highest BCUT2D eigenvalue weighted by Crippen LogP contribution is 2.42. The van der Waals surface area contributed by atoms with E-state index in [1.807, 2.05) is 18.2 Å². The highest BCUT2D eigenvalue weighted by molar-refractivity contribution is 5.91. The quantitative estimate of drug-likeness (QED) is 0.599. The molecule has 0 unspecified atom stereocenters. The van der Waals surface area contributed by atoms with E-state index in [0.717, 1.165) is 40.7 Å². The first kappa shape index (κ1) is 15.7. The van der Waals surface area contributed by atoms with Gasteiger partial charge in [0, 0.05) is 42.3 Å². The minimum absolute atomic E-state index is 0.173. The van der Waals surface area contributed by atoms with Gasteiger partial charge in [-0.1, -0.05) is 0 Å². The summed E-state index contributed by atoms with van der Waals surface area (Å²) in [4.78, 5) is 24.8. The monoisotopic (exact) mass is 360 g/mol. The Bertz CT molecular complexity index is 1140. The first-order valence-corrected chi connectivity index (χ1v) is 8.71. The van der Waals surface area contributed by atoms with Crippen LogP contribution in [0.2, 0.25) is 0 Å². The Kier molecular flexibility index (Phi) is 3.49. The van der Waals surface area contributed by atoms with Gasteiger partial charge in [0.2, 0.25) is 5.91 Å². The van der Waals surface area contributed by atoms with Crippen molar-refractivity contribution in [2.75, 3.05) is 5.32 Å². The number of carbonyl (C=O) groups is 1. The van der Waals surface area contributed by atoms with Crippen molar-refractivity contribution >= 4 is 22.6 Å². The number of aromatic nitrogens is 5. The third kappa shape index (κ3) is 2.84. The molecule has 0 radical (unpaired) electrons. The highest BCUT2D eigenvalue weighted by Gasteiger charge is 2.30. The second kappa shape index (κ2) is 6.01. The molecule has 1 fully saturated rings. The van der Waals surface area contributed by atoms with E-state index in [1.54, 1.807) is 29.6 Å². The Labute approximate surface area is 154 Å². The maximum Gasteiger partial charge on any atom is 0.251 e. The van der Waals surface area contributed by atoms with Crippen LogP contribution in [0.4, 0.5) is 5.82 Å². The number of nitrogens with one attached hydrogen (secondary N) is 1. The lowest BCUT2D eigenvalue weighted by atomic mass is 10.2. The summed E-state index contributed by atoms with van der Waals surface area (Å²) in [5.41, 5.74) is 3.45. The van der Waals surface area contributed by atoms with Crippen molar-refractivity contribution in [3.8, 4) is 17.2 Å².